The van der Waals surface area contributed by atoms with Crippen molar-refractivity contribution in [2.45, 2.75) is 32.9 Å². The molecule has 0 aliphatic carbocycles. The number of carbonyl (C=O) groups excluding carboxylic acids is 1. The number of nitrogens with one attached hydrogen (secondary N) is 1. The number of fused-ring (bicyclic) bond motifs is 1. The van der Waals surface area contributed by atoms with Crippen LogP contribution < -0.4 is 10.1 Å². The van der Waals surface area contributed by atoms with Crippen LogP contribution in [0.1, 0.15) is 29.3 Å². The maximum atomic E-state index is 13.9. The summed E-state index contributed by atoms with van der Waals surface area (Å²) < 4.78 is 48.5. The van der Waals surface area contributed by atoms with E-state index in [0.717, 1.165) is 23.6 Å². The van der Waals surface area contributed by atoms with Crippen molar-refractivity contribution in [3.63, 3.8) is 0 Å². The van der Waals surface area contributed by atoms with Crippen molar-refractivity contribution in [3.8, 4) is 11.6 Å². The highest BCUT2D eigenvalue weighted by molar-refractivity contribution is 5.85. The predicted molar refractivity (Wildman–Crippen MR) is 127 cm³/mol. The molecule has 0 aliphatic heterocycles. The molecule has 0 bridgehead atoms. The van der Waals surface area contributed by atoms with Crippen LogP contribution in [0.2, 0.25) is 0 Å². The summed E-state index contributed by atoms with van der Waals surface area (Å²) in [6.07, 6.45) is -3.19. The fourth-order valence-corrected chi connectivity index (χ4v) is 3.80. The number of nitrogens with zero attached hydrogens (tertiary/aromatic N) is 3. The van der Waals surface area contributed by atoms with Gasteiger partial charge in [-0.1, -0.05) is 49.4 Å². The zero-order valence-electron chi connectivity index (χ0n) is 19.4. The number of amides is 1. The van der Waals surface area contributed by atoms with Gasteiger partial charge in [0.1, 0.15) is 0 Å². The van der Waals surface area contributed by atoms with E-state index in [1.54, 1.807) is 12.1 Å². The van der Waals surface area contributed by atoms with E-state index in [9.17, 15) is 18.0 Å². The Labute approximate surface area is 200 Å². The SMILES string of the molecule is CCc1ccc(-n2nc(C)c3c(C(F)(F)F)cc(OCC(=O)NCCc4ccccc4)nc32)cc1. The lowest BCUT2D eigenvalue weighted by Crippen LogP contribution is -2.30. The van der Waals surface area contributed by atoms with Gasteiger partial charge >= 0.3 is 6.18 Å². The number of alkyl halides is 3. The largest absolute Gasteiger partial charge is 0.467 e. The van der Waals surface area contributed by atoms with Gasteiger partial charge in [-0.05, 0) is 43.0 Å². The number of hydrogen-bond donors (Lipinski definition) is 1. The Morgan fingerprint density at radius 1 is 1.06 bits per heavy atom. The number of benzene rings is 2. The molecule has 0 atom stereocenters. The maximum Gasteiger partial charge on any atom is 0.417 e. The van der Waals surface area contributed by atoms with Gasteiger partial charge in [0.05, 0.1) is 22.3 Å². The molecule has 182 valence electrons. The van der Waals surface area contributed by atoms with Crippen molar-refractivity contribution < 1.29 is 22.7 Å². The highest BCUT2D eigenvalue weighted by Crippen LogP contribution is 2.38. The molecule has 2 aromatic heterocycles. The highest BCUT2D eigenvalue weighted by Gasteiger charge is 2.36. The van der Waals surface area contributed by atoms with Crippen LogP contribution >= 0.6 is 0 Å². The first-order chi connectivity index (χ1) is 16.8. The summed E-state index contributed by atoms with van der Waals surface area (Å²) in [6.45, 7) is 3.45. The minimum atomic E-state index is -4.65. The minimum Gasteiger partial charge on any atom is -0.467 e. The smallest absolute Gasteiger partial charge is 0.417 e. The third-order valence-corrected chi connectivity index (χ3v) is 5.61. The Hall–Kier alpha value is -3.88. The van der Waals surface area contributed by atoms with E-state index in [1.807, 2.05) is 49.4 Å². The summed E-state index contributed by atoms with van der Waals surface area (Å²) >= 11 is 0. The summed E-state index contributed by atoms with van der Waals surface area (Å²) in [4.78, 5) is 16.5. The third-order valence-electron chi connectivity index (χ3n) is 5.61. The molecular weight excluding hydrogens is 457 g/mol. The molecule has 9 heteroatoms. The van der Waals surface area contributed by atoms with E-state index < -0.39 is 24.3 Å². The van der Waals surface area contributed by atoms with Gasteiger partial charge in [-0.2, -0.15) is 23.3 Å². The third kappa shape index (κ3) is 5.62. The summed E-state index contributed by atoms with van der Waals surface area (Å²) in [7, 11) is 0. The van der Waals surface area contributed by atoms with Gasteiger partial charge in [0.2, 0.25) is 5.88 Å². The van der Waals surface area contributed by atoms with Gasteiger partial charge in [0.25, 0.3) is 5.91 Å². The number of hydrogen-bond acceptors (Lipinski definition) is 4. The number of aromatic nitrogens is 3. The van der Waals surface area contributed by atoms with Gasteiger partial charge in [0.15, 0.2) is 12.3 Å². The normalized spacial score (nSPS) is 11.6. The Balaban J connectivity index is 1.57. The van der Waals surface area contributed by atoms with Gasteiger partial charge in [-0.3, -0.25) is 4.79 Å². The van der Waals surface area contributed by atoms with Crippen LogP contribution in [-0.4, -0.2) is 33.8 Å². The van der Waals surface area contributed by atoms with Gasteiger partial charge in [0, 0.05) is 12.6 Å². The summed E-state index contributed by atoms with van der Waals surface area (Å²) in [5.41, 5.74) is 2.04. The lowest BCUT2D eigenvalue weighted by molar-refractivity contribution is -0.136. The van der Waals surface area contributed by atoms with Crippen LogP contribution in [-0.2, 0) is 23.8 Å². The first-order valence-corrected chi connectivity index (χ1v) is 11.3. The van der Waals surface area contributed by atoms with Crippen LogP contribution in [0.5, 0.6) is 5.88 Å². The highest BCUT2D eigenvalue weighted by atomic mass is 19.4. The zero-order valence-corrected chi connectivity index (χ0v) is 19.4. The number of carbonyl (C=O) groups is 1. The van der Waals surface area contributed by atoms with Crippen molar-refractivity contribution in [2.24, 2.45) is 0 Å². The standard InChI is InChI=1S/C26H25F3N4O2/c1-3-18-9-11-20(12-10-18)33-25-24(17(2)32-33)21(26(27,28)29)15-23(31-25)35-16-22(34)30-14-13-19-7-5-4-6-8-19/h4-12,15H,3,13-14,16H2,1-2H3,(H,30,34). The molecule has 0 aliphatic rings. The molecule has 2 aromatic carbocycles. The van der Waals surface area contributed by atoms with Gasteiger partial charge in [-0.25, -0.2) is 4.68 Å². The van der Waals surface area contributed by atoms with Crippen molar-refractivity contribution in [1.82, 2.24) is 20.1 Å². The summed E-state index contributed by atoms with van der Waals surface area (Å²) in [6, 6.07) is 17.8. The van der Waals surface area contributed by atoms with E-state index in [-0.39, 0.29) is 22.6 Å². The minimum absolute atomic E-state index is 0.0149. The average Bonchev–Trinajstić information content (AvgIpc) is 3.18. The second-order valence-corrected chi connectivity index (χ2v) is 8.10. The van der Waals surface area contributed by atoms with Crippen LogP contribution in [0.15, 0.2) is 60.7 Å². The molecule has 0 spiro atoms. The van der Waals surface area contributed by atoms with Gasteiger partial charge < -0.3 is 10.1 Å². The second kappa shape index (κ2) is 10.2. The van der Waals surface area contributed by atoms with Crippen molar-refractivity contribution in [2.75, 3.05) is 13.2 Å². The summed E-state index contributed by atoms with van der Waals surface area (Å²) in [5.74, 6) is -0.745. The molecule has 35 heavy (non-hydrogen) atoms. The van der Waals surface area contributed by atoms with E-state index in [2.05, 4.69) is 15.4 Å². The molecule has 0 unspecified atom stereocenters. The van der Waals surface area contributed by atoms with Crippen molar-refractivity contribution >= 4 is 16.9 Å². The second-order valence-electron chi connectivity index (χ2n) is 8.10. The van der Waals surface area contributed by atoms with Crippen LogP contribution in [0.3, 0.4) is 0 Å². The Morgan fingerprint density at radius 2 is 1.77 bits per heavy atom. The number of rotatable bonds is 8. The van der Waals surface area contributed by atoms with Crippen LogP contribution in [0, 0.1) is 6.92 Å². The van der Waals surface area contributed by atoms with E-state index >= 15 is 0 Å². The van der Waals surface area contributed by atoms with E-state index in [0.29, 0.717) is 18.7 Å². The topological polar surface area (TPSA) is 69.0 Å². The molecule has 6 nitrogen and oxygen atoms in total. The molecule has 4 aromatic rings. The molecule has 0 saturated heterocycles. The van der Waals surface area contributed by atoms with Crippen LogP contribution in [0.25, 0.3) is 16.7 Å². The molecule has 1 N–H and O–H groups in total. The molecule has 1 amide bonds. The Kier molecular flexibility index (Phi) is 7.04. The average molecular weight is 483 g/mol. The quantitative estimate of drug-likeness (QED) is 0.382. The molecule has 0 saturated carbocycles. The molecule has 0 fully saturated rings. The summed E-state index contributed by atoms with van der Waals surface area (Å²) in [5, 5.41) is 6.92. The maximum absolute atomic E-state index is 13.9. The Morgan fingerprint density at radius 3 is 2.43 bits per heavy atom. The monoisotopic (exact) mass is 482 g/mol. The Bertz CT molecular complexity index is 1320. The first-order valence-electron chi connectivity index (χ1n) is 11.3. The fourth-order valence-electron chi connectivity index (χ4n) is 3.80. The number of halogens is 3. The lowest BCUT2D eigenvalue weighted by atomic mass is 10.1. The fraction of sp³-hybridized carbons (Fsp3) is 0.269. The first kappa shape index (κ1) is 24.3. The molecule has 4 rings (SSSR count). The molecule has 0 radical (unpaired) electrons. The number of aryl methyl sites for hydroxylation is 2. The van der Waals surface area contributed by atoms with Crippen LogP contribution in [0.4, 0.5) is 13.2 Å². The van der Waals surface area contributed by atoms with E-state index in [1.165, 1.54) is 11.6 Å². The predicted octanol–water partition coefficient (Wildman–Crippen LogP) is 5.05. The van der Waals surface area contributed by atoms with Crippen molar-refractivity contribution in [1.29, 1.82) is 0 Å². The van der Waals surface area contributed by atoms with Crippen molar-refractivity contribution in [3.05, 3.63) is 83.0 Å². The number of pyridine rings is 1. The molecule has 2 heterocycles. The molecular formula is C26H25F3N4O2. The lowest BCUT2D eigenvalue weighted by Gasteiger charge is -2.12. The van der Waals surface area contributed by atoms with E-state index in [4.69, 9.17) is 4.74 Å². The zero-order chi connectivity index (χ0) is 25.0. The van der Waals surface area contributed by atoms with Gasteiger partial charge in [-0.15, -0.1) is 0 Å². The number of ether oxygens (including phenoxy) is 1.